The van der Waals surface area contributed by atoms with Gasteiger partial charge in [0.1, 0.15) is 4.88 Å². The molecule has 0 saturated carbocycles. The van der Waals surface area contributed by atoms with Crippen LogP contribution in [0.25, 0.3) is 0 Å². The van der Waals surface area contributed by atoms with E-state index in [0.29, 0.717) is 11.5 Å². The predicted molar refractivity (Wildman–Crippen MR) is 53.7 cm³/mol. The normalized spacial score (nSPS) is 10.1. The third-order valence-electron chi connectivity index (χ3n) is 1.68. The SMILES string of the molecule is COCCCc1ncc(C(=O)OC)s1. The second-order valence-corrected chi connectivity index (χ2v) is 3.82. The van der Waals surface area contributed by atoms with Gasteiger partial charge in [0.15, 0.2) is 0 Å². The van der Waals surface area contributed by atoms with Gasteiger partial charge < -0.3 is 9.47 Å². The molecule has 4 nitrogen and oxygen atoms in total. The van der Waals surface area contributed by atoms with Gasteiger partial charge in [0.05, 0.1) is 18.3 Å². The lowest BCUT2D eigenvalue weighted by molar-refractivity contribution is 0.0606. The van der Waals surface area contributed by atoms with Crippen LogP contribution in [-0.4, -0.2) is 31.8 Å². The quantitative estimate of drug-likeness (QED) is 0.552. The fourth-order valence-electron chi connectivity index (χ4n) is 0.989. The van der Waals surface area contributed by atoms with Crippen LogP contribution in [0.5, 0.6) is 0 Å². The highest BCUT2D eigenvalue weighted by Crippen LogP contribution is 2.15. The second-order valence-electron chi connectivity index (χ2n) is 2.71. The Morgan fingerprint density at radius 3 is 3.00 bits per heavy atom. The van der Waals surface area contributed by atoms with E-state index in [1.807, 2.05) is 0 Å². The molecule has 0 fully saturated rings. The molecular formula is C9H13NO3S. The number of carbonyl (C=O) groups excluding carboxylic acids is 1. The van der Waals surface area contributed by atoms with Crippen molar-refractivity contribution in [3.63, 3.8) is 0 Å². The molecule has 0 atom stereocenters. The van der Waals surface area contributed by atoms with Gasteiger partial charge in [-0.25, -0.2) is 9.78 Å². The smallest absolute Gasteiger partial charge is 0.349 e. The van der Waals surface area contributed by atoms with Gasteiger partial charge in [-0.3, -0.25) is 0 Å². The zero-order valence-electron chi connectivity index (χ0n) is 8.28. The Morgan fingerprint density at radius 1 is 1.57 bits per heavy atom. The van der Waals surface area contributed by atoms with E-state index in [1.165, 1.54) is 18.4 Å². The zero-order chi connectivity index (χ0) is 10.4. The Hall–Kier alpha value is -0.940. The largest absolute Gasteiger partial charge is 0.465 e. The molecule has 78 valence electrons. The van der Waals surface area contributed by atoms with E-state index in [9.17, 15) is 4.79 Å². The Bertz CT molecular complexity index is 298. The third kappa shape index (κ3) is 3.08. The summed E-state index contributed by atoms with van der Waals surface area (Å²) in [5.41, 5.74) is 0. The number of aromatic nitrogens is 1. The summed E-state index contributed by atoms with van der Waals surface area (Å²) >= 11 is 1.37. The standard InChI is InChI=1S/C9H13NO3S/c1-12-5-3-4-8-10-6-7(14-8)9(11)13-2/h6H,3-5H2,1-2H3. The summed E-state index contributed by atoms with van der Waals surface area (Å²) < 4.78 is 9.51. The van der Waals surface area contributed by atoms with Gasteiger partial charge in [-0.2, -0.15) is 0 Å². The number of methoxy groups -OCH3 is 2. The first-order valence-electron chi connectivity index (χ1n) is 4.30. The molecule has 1 rings (SSSR count). The van der Waals surface area contributed by atoms with Crippen molar-refractivity contribution in [3.05, 3.63) is 16.1 Å². The maximum atomic E-state index is 11.1. The van der Waals surface area contributed by atoms with Crippen molar-refractivity contribution in [2.75, 3.05) is 20.8 Å². The molecular weight excluding hydrogens is 202 g/mol. The molecule has 0 saturated heterocycles. The van der Waals surface area contributed by atoms with E-state index in [2.05, 4.69) is 9.72 Å². The van der Waals surface area contributed by atoms with Crippen LogP contribution >= 0.6 is 11.3 Å². The van der Waals surface area contributed by atoms with Gasteiger partial charge in [-0.1, -0.05) is 0 Å². The Morgan fingerprint density at radius 2 is 2.36 bits per heavy atom. The molecule has 1 heterocycles. The zero-order valence-corrected chi connectivity index (χ0v) is 9.10. The van der Waals surface area contributed by atoms with Crippen LogP contribution in [0, 0.1) is 0 Å². The summed E-state index contributed by atoms with van der Waals surface area (Å²) in [7, 11) is 3.04. The third-order valence-corrected chi connectivity index (χ3v) is 2.72. The summed E-state index contributed by atoms with van der Waals surface area (Å²) in [6.45, 7) is 0.715. The summed E-state index contributed by atoms with van der Waals surface area (Å²) in [5.74, 6) is -0.319. The molecule has 14 heavy (non-hydrogen) atoms. The molecule has 0 aliphatic rings. The molecule has 0 radical (unpaired) electrons. The van der Waals surface area contributed by atoms with Crippen LogP contribution in [0.3, 0.4) is 0 Å². The number of hydrogen-bond donors (Lipinski definition) is 0. The molecule has 0 aliphatic heterocycles. The van der Waals surface area contributed by atoms with Crippen molar-refractivity contribution in [3.8, 4) is 0 Å². The van der Waals surface area contributed by atoms with E-state index in [4.69, 9.17) is 4.74 Å². The maximum absolute atomic E-state index is 11.1. The van der Waals surface area contributed by atoms with Gasteiger partial charge in [0.2, 0.25) is 0 Å². The van der Waals surface area contributed by atoms with Crippen molar-refractivity contribution in [2.45, 2.75) is 12.8 Å². The van der Waals surface area contributed by atoms with E-state index in [1.54, 1.807) is 13.3 Å². The lowest BCUT2D eigenvalue weighted by Crippen LogP contribution is -1.96. The molecule has 1 aromatic rings. The highest BCUT2D eigenvalue weighted by molar-refractivity contribution is 7.13. The Labute approximate surface area is 86.9 Å². The highest BCUT2D eigenvalue weighted by atomic mass is 32.1. The van der Waals surface area contributed by atoms with Crippen molar-refractivity contribution < 1.29 is 14.3 Å². The molecule has 0 amide bonds. The molecule has 0 N–H and O–H groups in total. The number of esters is 1. The van der Waals surface area contributed by atoms with Crippen molar-refractivity contribution in [2.24, 2.45) is 0 Å². The molecule has 0 bridgehead atoms. The number of rotatable bonds is 5. The molecule has 0 aromatic carbocycles. The number of carbonyl (C=O) groups is 1. The summed E-state index contributed by atoms with van der Waals surface area (Å²) in [6, 6.07) is 0. The Balaban J connectivity index is 2.46. The summed E-state index contributed by atoms with van der Waals surface area (Å²) in [4.78, 5) is 15.8. The fourth-order valence-corrected chi connectivity index (χ4v) is 1.87. The first kappa shape index (κ1) is 11.1. The topological polar surface area (TPSA) is 48.4 Å². The number of nitrogens with zero attached hydrogens (tertiary/aromatic N) is 1. The monoisotopic (exact) mass is 215 g/mol. The van der Waals surface area contributed by atoms with Crippen LogP contribution in [0.4, 0.5) is 0 Å². The number of aryl methyl sites for hydroxylation is 1. The van der Waals surface area contributed by atoms with E-state index in [0.717, 1.165) is 17.8 Å². The van der Waals surface area contributed by atoms with Crippen LogP contribution < -0.4 is 0 Å². The molecule has 1 aromatic heterocycles. The average molecular weight is 215 g/mol. The molecule has 0 aliphatic carbocycles. The van der Waals surface area contributed by atoms with E-state index < -0.39 is 0 Å². The highest BCUT2D eigenvalue weighted by Gasteiger charge is 2.09. The van der Waals surface area contributed by atoms with E-state index in [-0.39, 0.29) is 5.97 Å². The molecule has 0 unspecified atom stereocenters. The van der Waals surface area contributed by atoms with Crippen LogP contribution in [0.1, 0.15) is 21.1 Å². The van der Waals surface area contributed by atoms with E-state index >= 15 is 0 Å². The minimum Gasteiger partial charge on any atom is -0.465 e. The van der Waals surface area contributed by atoms with Gasteiger partial charge in [-0.05, 0) is 6.42 Å². The van der Waals surface area contributed by atoms with Gasteiger partial charge in [-0.15, -0.1) is 11.3 Å². The lowest BCUT2D eigenvalue weighted by Gasteiger charge is -1.95. The minimum atomic E-state index is -0.319. The molecule has 5 heteroatoms. The number of hydrogen-bond acceptors (Lipinski definition) is 5. The Kier molecular flexibility index (Phi) is 4.55. The van der Waals surface area contributed by atoms with Crippen LogP contribution in [0.2, 0.25) is 0 Å². The van der Waals surface area contributed by atoms with Crippen LogP contribution in [-0.2, 0) is 15.9 Å². The molecule has 0 spiro atoms. The van der Waals surface area contributed by atoms with Crippen molar-refractivity contribution >= 4 is 17.3 Å². The number of thiazole rings is 1. The summed E-state index contributed by atoms with van der Waals surface area (Å²) in [6.07, 6.45) is 3.32. The minimum absolute atomic E-state index is 0.319. The van der Waals surface area contributed by atoms with Crippen LogP contribution in [0.15, 0.2) is 6.20 Å². The maximum Gasteiger partial charge on any atom is 0.349 e. The second kappa shape index (κ2) is 5.72. The van der Waals surface area contributed by atoms with Gasteiger partial charge in [0, 0.05) is 20.1 Å². The number of ether oxygens (including phenoxy) is 2. The predicted octanol–water partition coefficient (Wildman–Crippen LogP) is 1.51. The van der Waals surface area contributed by atoms with Crippen molar-refractivity contribution in [1.29, 1.82) is 0 Å². The first-order valence-corrected chi connectivity index (χ1v) is 5.11. The van der Waals surface area contributed by atoms with Gasteiger partial charge in [0.25, 0.3) is 0 Å². The van der Waals surface area contributed by atoms with Crippen molar-refractivity contribution in [1.82, 2.24) is 4.98 Å². The average Bonchev–Trinajstić information content (AvgIpc) is 2.66. The fraction of sp³-hybridized carbons (Fsp3) is 0.556. The lowest BCUT2D eigenvalue weighted by atomic mass is 10.3. The van der Waals surface area contributed by atoms with Gasteiger partial charge >= 0.3 is 5.97 Å². The first-order chi connectivity index (χ1) is 6.77. The summed E-state index contributed by atoms with van der Waals surface area (Å²) in [5, 5.41) is 0.947.